The van der Waals surface area contributed by atoms with E-state index in [-0.39, 0.29) is 5.92 Å². The van der Waals surface area contributed by atoms with Gasteiger partial charge in [-0.25, -0.2) is 12.7 Å². The van der Waals surface area contributed by atoms with Gasteiger partial charge in [0.25, 0.3) is 0 Å². The Hall–Kier alpha value is -1.40. The maximum Gasteiger partial charge on any atom is 0.211 e. The van der Waals surface area contributed by atoms with E-state index < -0.39 is 10.0 Å². The second-order valence-corrected chi connectivity index (χ2v) is 7.11. The van der Waals surface area contributed by atoms with Crippen molar-refractivity contribution in [3.05, 3.63) is 29.8 Å². The fraction of sp³-hybridized carbons (Fsp3) is 0.500. The lowest BCUT2D eigenvalue weighted by Crippen LogP contribution is -2.40. The Morgan fingerprint density at radius 1 is 1.35 bits per heavy atom. The average Bonchev–Trinajstić information content (AvgIpc) is 2.45. The summed E-state index contributed by atoms with van der Waals surface area (Å²) in [5.74, 6) is 0.913. The lowest BCUT2D eigenvalue weighted by atomic mass is 10.0. The topological polar surface area (TPSA) is 63.7 Å². The molecule has 0 aromatic heterocycles. The smallest absolute Gasteiger partial charge is 0.211 e. The first-order chi connectivity index (χ1) is 9.49. The Bertz CT molecular complexity index is 553. The summed E-state index contributed by atoms with van der Waals surface area (Å²) in [4.78, 5) is 10.5. The van der Waals surface area contributed by atoms with Gasteiger partial charge in [-0.05, 0) is 37.1 Å². The molecule has 1 fully saturated rings. The molecule has 2 rings (SSSR count). The number of nitrogens with zero attached hydrogens (tertiary/aromatic N) is 1. The molecule has 1 aromatic rings. The van der Waals surface area contributed by atoms with Crippen molar-refractivity contribution in [3.63, 3.8) is 0 Å². The Kier molecular flexibility index (Phi) is 4.77. The molecule has 1 aliphatic rings. The molecule has 110 valence electrons. The standard InChI is InChI=1S/C14H19NO4S/c1-20(17,18)15-8-2-3-13(9-15)11-19-14-6-4-12(10-16)5-7-14/h4-7,10,13H,2-3,8-9,11H2,1H3. The van der Waals surface area contributed by atoms with Crippen molar-refractivity contribution in [2.75, 3.05) is 26.0 Å². The van der Waals surface area contributed by atoms with Gasteiger partial charge >= 0.3 is 0 Å². The van der Waals surface area contributed by atoms with Crippen LogP contribution in [-0.2, 0) is 10.0 Å². The van der Waals surface area contributed by atoms with E-state index in [2.05, 4.69) is 0 Å². The number of hydrogen-bond donors (Lipinski definition) is 0. The van der Waals surface area contributed by atoms with Gasteiger partial charge in [-0.2, -0.15) is 0 Å². The molecular formula is C14H19NO4S. The molecule has 0 bridgehead atoms. The predicted octanol–water partition coefficient (Wildman–Crippen LogP) is 1.55. The molecule has 0 amide bonds. The van der Waals surface area contributed by atoms with Crippen LogP contribution in [0.3, 0.4) is 0 Å². The molecule has 5 nitrogen and oxygen atoms in total. The number of ether oxygens (including phenoxy) is 1. The zero-order valence-electron chi connectivity index (χ0n) is 11.5. The quantitative estimate of drug-likeness (QED) is 0.774. The highest BCUT2D eigenvalue weighted by molar-refractivity contribution is 7.88. The fourth-order valence-corrected chi connectivity index (χ4v) is 3.26. The van der Waals surface area contributed by atoms with Gasteiger partial charge in [0.05, 0.1) is 12.9 Å². The Morgan fingerprint density at radius 3 is 2.65 bits per heavy atom. The third-order valence-electron chi connectivity index (χ3n) is 3.45. The van der Waals surface area contributed by atoms with Crippen LogP contribution in [0.15, 0.2) is 24.3 Å². The van der Waals surface area contributed by atoms with Crippen LogP contribution in [0.5, 0.6) is 5.75 Å². The van der Waals surface area contributed by atoms with Gasteiger partial charge in [0.2, 0.25) is 10.0 Å². The molecule has 0 saturated carbocycles. The van der Waals surface area contributed by atoms with Crippen LogP contribution in [0.25, 0.3) is 0 Å². The second kappa shape index (κ2) is 6.37. The highest BCUT2D eigenvalue weighted by Crippen LogP contribution is 2.20. The van der Waals surface area contributed by atoms with Gasteiger partial charge in [-0.3, -0.25) is 4.79 Å². The van der Waals surface area contributed by atoms with Crippen molar-refractivity contribution in [2.45, 2.75) is 12.8 Å². The molecule has 20 heavy (non-hydrogen) atoms. The third-order valence-corrected chi connectivity index (χ3v) is 4.72. The largest absolute Gasteiger partial charge is 0.493 e. The summed E-state index contributed by atoms with van der Waals surface area (Å²) in [6, 6.07) is 6.90. The molecule has 0 radical (unpaired) electrons. The third kappa shape index (κ3) is 4.05. The Labute approximate surface area is 119 Å². The molecule has 0 aliphatic carbocycles. The van der Waals surface area contributed by atoms with E-state index in [4.69, 9.17) is 4.74 Å². The highest BCUT2D eigenvalue weighted by Gasteiger charge is 2.26. The zero-order chi connectivity index (χ0) is 14.6. The van der Waals surface area contributed by atoms with E-state index >= 15 is 0 Å². The number of rotatable bonds is 5. The first kappa shape index (κ1) is 15.0. The van der Waals surface area contributed by atoms with Crippen LogP contribution in [0.1, 0.15) is 23.2 Å². The van der Waals surface area contributed by atoms with Gasteiger partial charge in [0.1, 0.15) is 12.0 Å². The van der Waals surface area contributed by atoms with Crippen LogP contribution in [0, 0.1) is 5.92 Å². The van der Waals surface area contributed by atoms with Crippen LogP contribution in [0.2, 0.25) is 0 Å². The van der Waals surface area contributed by atoms with Crippen molar-refractivity contribution in [1.29, 1.82) is 0 Å². The molecule has 1 aliphatic heterocycles. The number of sulfonamides is 1. The number of aldehydes is 1. The molecule has 1 saturated heterocycles. The molecule has 0 N–H and O–H groups in total. The fourth-order valence-electron chi connectivity index (χ4n) is 2.32. The summed E-state index contributed by atoms with van der Waals surface area (Å²) in [6.45, 7) is 1.61. The second-order valence-electron chi connectivity index (χ2n) is 5.13. The van der Waals surface area contributed by atoms with Crippen molar-refractivity contribution in [1.82, 2.24) is 4.31 Å². The van der Waals surface area contributed by atoms with E-state index in [9.17, 15) is 13.2 Å². The zero-order valence-corrected chi connectivity index (χ0v) is 12.3. The van der Waals surface area contributed by atoms with Gasteiger partial charge < -0.3 is 4.74 Å². The van der Waals surface area contributed by atoms with Crippen LogP contribution in [-0.4, -0.2) is 45.0 Å². The number of hydrogen-bond acceptors (Lipinski definition) is 4. The van der Waals surface area contributed by atoms with Crippen LogP contribution >= 0.6 is 0 Å². The van der Waals surface area contributed by atoms with Crippen LogP contribution < -0.4 is 4.74 Å². The van der Waals surface area contributed by atoms with Gasteiger partial charge in [0.15, 0.2) is 0 Å². The van der Waals surface area contributed by atoms with E-state index in [1.165, 1.54) is 10.6 Å². The van der Waals surface area contributed by atoms with E-state index in [0.29, 0.717) is 31.0 Å². The summed E-state index contributed by atoms with van der Waals surface area (Å²) in [6.07, 6.45) is 3.87. The van der Waals surface area contributed by atoms with Crippen molar-refractivity contribution < 1.29 is 17.9 Å². The minimum atomic E-state index is -3.11. The molecule has 1 unspecified atom stereocenters. The number of carbonyl (C=O) groups is 1. The molecule has 6 heteroatoms. The monoisotopic (exact) mass is 297 g/mol. The summed E-state index contributed by atoms with van der Waals surface area (Å²) in [5, 5.41) is 0. The summed E-state index contributed by atoms with van der Waals surface area (Å²) < 4.78 is 30.2. The first-order valence-electron chi connectivity index (χ1n) is 6.62. The van der Waals surface area contributed by atoms with Crippen molar-refractivity contribution >= 4 is 16.3 Å². The molecule has 0 spiro atoms. The van der Waals surface area contributed by atoms with Crippen LogP contribution in [0.4, 0.5) is 0 Å². The minimum absolute atomic E-state index is 0.212. The molecule has 1 aromatic carbocycles. The van der Waals surface area contributed by atoms with Crippen molar-refractivity contribution in [2.24, 2.45) is 5.92 Å². The molecule has 1 atom stereocenters. The van der Waals surface area contributed by atoms with Gasteiger partial charge in [-0.1, -0.05) is 0 Å². The highest BCUT2D eigenvalue weighted by atomic mass is 32.2. The number of piperidine rings is 1. The van der Waals surface area contributed by atoms with E-state index in [1.54, 1.807) is 24.3 Å². The lowest BCUT2D eigenvalue weighted by Gasteiger charge is -2.30. The normalized spacial score (nSPS) is 20.6. The van der Waals surface area contributed by atoms with E-state index in [0.717, 1.165) is 19.1 Å². The maximum atomic E-state index is 11.5. The predicted molar refractivity (Wildman–Crippen MR) is 76.5 cm³/mol. The lowest BCUT2D eigenvalue weighted by molar-refractivity contribution is 0.112. The average molecular weight is 297 g/mol. The number of benzene rings is 1. The van der Waals surface area contributed by atoms with Gasteiger partial charge in [-0.15, -0.1) is 0 Å². The van der Waals surface area contributed by atoms with Crippen molar-refractivity contribution in [3.8, 4) is 5.75 Å². The summed E-state index contributed by atoms with van der Waals surface area (Å²) >= 11 is 0. The first-order valence-corrected chi connectivity index (χ1v) is 8.47. The maximum absolute atomic E-state index is 11.5. The summed E-state index contributed by atoms with van der Waals surface area (Å²) in [7, 11) is -3.11. The van der Waals surface area contributed by atoms with Gasteiger partial charge in [0, 0.05) is 24.6 Å². The Balaban J connectivity index is 1.88. The summed E-state index contributed by atoms with van der Waals surface area (Å²) in [5.41, 5.74) is 0.610. The molecule has 1 heterocycles. The number of carbonyl (C=O) groups excluding carboxylic acids is 1. The van der Waals surface area contributed by atoms with E-state index in [1.807, 2.05) is 0 Å². The minimum Gasteiger partial charge on any atom is -0.493 e. The SMILES string of the molecule is CS(=O)(=O)N1CCCC(COc2ccc(C=O)cc2)C1. The Morgan fingerprint density at radius 2 is 2.05 bits per heavy atom. The molecular weight excluding hydrogens is 278 g/mol.